The summed E-state index contributed by atoms with van der Waals surface area (Å²) in [5.74, 6) is -4.47. The summed E-state index contributed by atoms with van der Waals surface area (Å²) in [4.78, 5) is 37.1. The van der Waals surface area contributed by atoms with Crippen LogP contribution in [0.1, 0.15) is 30.6 Å². The van der Waals surface area contributed by atoms with Crippen LogP contribution in [0.5, 0.6) is 5.75 Å². The molecule has 0 radical (unpaired) electrons. The summed E-state index contributed by atoms with van der Waals surface area (Å²) in [5.41, 5.74) is -0.643. The summed E-state index contributed by atoms with van der Waals surface area (Å²) in [6, 6.07) is 0.159. The molecule has 0 spiro atoms. The van der Waals surface area contributed by atoms with Crippen LogP contribution in [0, 0.1) is 11.6 Å². The number of methoxy groups -OCH3 is 1. The van der Waals surface area contributed by atoms with Gasteiger partial charge in [0.1, 0.15) is 17.4 Å². The number of benzene rings is 1. The lowest BCUT2D eigenvalue weighted by Gasteiger charge is -2.19. The lowest BCUT2D eigenvalue weighted by atomic mass is 10.1. The molecule has 1 aromatic carbocycles. The molecule has 1 aliphatic rings. The van der Waals surface area contributed by atoms with Gasteiger partial charge in [-0.05, 0) is 26.0 Å². The van der Waals surface area contributed by atoms with Crippen molar-refractivity contribution in [3.8, 4) is 5.75 Å². The van der Waals surface area contributed by atoms with Crippen LogP contribution in [0.25, 0.3) is 0 Å². The fourth-order valence-corrected chi connectivity index (χ4v) is 2.48. The number of hydrogen-bond acceptors (Lipinski definition) is 4. The number of nitrogens with zero attached hydrogens (tertiary/aromatic N) is 1. The van der Waals surface area contributed by atoms with E-state index in [1.807, 2.05) is 0 Å². The van der Waals surface area contributed by atoms with E-state index < -0.39 is 46.7 Å². The minimum Gasteiger partial charge on any atom is -0.493 e. The third-order valence-corrected chi connectivity index (χ3v) is 3.49. The standard InChI is InChI=1S/C15H16F2N2O4/c1-7(2)19-11(20)6-10(15(19)22)18-14(21)12-8(16)4-5-9(17)13(12)23-3/h4-5,7,10H,6H2,1-3H3,(H,18,21)/t10-/m0/s1. The van der Waals surface area contributed by atoms with Crippen LogP contribution < -0.4 is 10.1 Å². The highest BCUT2D eigenvalue weighted by molar-refractivity contribution is 6.08. The van der Waals surface area contributed by atoms with Crippen molar-refractivity contribution in [2.75, 3.05) is 7.11 Å². The molecule has 124 valence electrons. The first kappa shape index (κ1) is 16.9. The van der Waals surface area contributed by atoms with E-state index in [2.05, 4.69) is 5.32 Å². The largest absolute Gasteiger partial charge is 0.493 e. The zero-order valence-electron chi connectivity index (χ0n) is 12.9. The molecule has 2 rings (SSSR count). The van der Waals surface area contributed by atoms with E-state index >= 15 is 0 Å². The van der Waals surface area contributed by atoms with Crippen molar-refractivity contribution in [3.63, 3.8) is 0 Å². The highest BCUT2D eigenvalue weighted by Gasteiger charge is 2.41. The Kier molecular flexibility index (Phi) is 4.63. The molecule has 1 heterocycles. The van der Waals surface area contributed by atoms with Crippen LogP contribution in [-0.2, 0) is 9.59 Å². The molecular weight excluding hydrogens is 310 g/mol. The third kappa shape index (κ3) is 3.01. The Morgan fingerprint density at radius 2 is 1.91 bits per heavy atom. The number of ether oxygens (including phenoxy) is 1. The van der Waals surface area contributed by atoms with Gasteiger partial charge in [0.05, 0.1) is 13.5 Å². The third-order valence-electron chi connectivity index (χ3n) is 3.49. The van der Waals surface area contributed by atoms with E-state index in [1.54, 1.807) is 13.8 Å². The lowest BCUT2D eigenvalue weighted by molar-refractivity contribution is -0.140. The van der Waals surface area contributed by atoms with E-state index in [0.29, 0.717) is 0 Å². The van der Waals surface area contributed by atoms with Crippen LogP contribution in [-0.4, -0.2) is 41.8 Å². The number of imide groups is 1. The minimum absolute atomic E-state index is 0.220. The van der Waals surface area contributed by atoms with Gasteiger partial charge in [0.15, 0.2) is 11.6 Å². The maximum Gasteiger partial charge on any atom is 0.258 e. The number of amides is 3. The van der Waals surface area contributed by atoms with E-state index in [1.165, 1.54) is 0 Å². The summed E-state index contributed by atoms with van der Waals surface area (Å²) in [7, 11) is 1.10. The number of nitrogens with one attached hydrogen (secondary N) is 1. The first-order valence-electron chi connectivity index (χ1n) is 6.96. The average molecular weight is 326 g/mol. The molecule has 3 amide bonds. The van der Waals surface area contributed by atoms with Gasteiger partial charge in [-0.15, -0.1) is 0 Å². The van der Waals surface area contributed by atoms with Crippen LogP contribution in [0.3, 0.4) is 0 Å². The number of carbonyl (C=O) groups excluding carboxylic acids is 3. The van der Waals surface area contributed by atoms with Crippen LogP contribution in [0.15, 0.2) is 12.1 Å². The predicted molar refractivity (Wildman–Crippen MR) is 75.8 cm³/mol. The van der Waals surface area contributed by atoms with Crippen molar-refractivity contribution < 1.29 is 27.9 Å². The number of likely N-dealkylation sites (tertiary alicyclic amines) is 1. The molecule has 0 bridgehead atoms. The zero-order valence-corrected chi connectivity index (χ0v) is 12.9. The molecule has 8 heteroatoms. The first-order chi connectivity index (χ1) is 10.8. The molecule has 0 aliphatic carbocycles. The topological polar surface area (TPSA) is 75.7 Å². The second-order valence-electron chi connectivity index (χ2n) is 5.36. The molecule has 1 N–H and O–H groups in total. The number of carbonyl (C=O) groups is 3. The summed E-state index contributed by atoms with van der Waals surface area (Å²) < 4.78 is 32.2. The van der Waals surface area contributed by atoms with Crippen molar-refractivity contribution in [2.45, 2.75) is 32.4 Å². The van der Waals surface area contributed by atoms with E-state index in [0.717, 1.165) is 24.1 Å². The predicted octanol–water partition coefficient (Wildman–Crippen LogP) is 1.24. The van der Waals surface area contributed by atoms with Gasteiger partial charge in [0.25, 0.3) is 11.8 Å². The molecule has 1 atom stereocenters. The van der Waals surface area contributed by atoms with Gasteiger partial charge in [0.2, 0.25) is 5.91 Å². The van der Waals surface area contributed by atoms with Crippen molar-refractivity contribution in [1.29, 1.82) is 0 Å². The minimum atomic E-state index is -1.11. The zero-order chi connectivity index (χ0) is 17.3. The molecule has 0 aromatic heterocycles. The molecule has 23 heavy (non-hydrogen) atoms. The lowest BCUT2D eigenvalue weighted by Crippen LogP contribution is -2.44. The molecule has 0 saturated carbocycles. The molecule has 1 aromatic rings. The SMILES string of the molecule is COc1c(F)ccc(F)c1C(=O)N[C@H]1CC(=O)N(C(C)C)C1=O. The smallest absolute Gasteiger partial charge is 0.258 e. The second kappa shape index (κ2) is 6.31. The molecular formula is C15H16F2N2O4. The summed E-state index contributed by atoms with van der Waals surface area (Å²) in [6.07, 6.45) is -0.220. The normalized spacial score (nSPS) is 17.8. The Morgan fingerprint density at radius 1 is 1.30 bits per heavy atom. The van der Waals surface area contributed by atoms with Crippen LogP contribution in [0.4, 0.5) is 8.78 Å². The summed E-state index contributed by atoms with van der Waals surface area (Å²) >= 11 is 0. The van der Waals surface area contributed by atoms with Gasteiger partial charge in [0, 0.05) is 6.04 Å². The average Bonchev–Trinajstić information content (AvgIpc) is 2.75. The van der Waals surface area contributed by atoms with Gasteiger partial charge < -0.3 is 10.1 Å². The maximum atomic E-state index is 13.9. The number of halogens is 2. The Balaban J connectivity index is 2.26. The number of hydrogen-bond donors (Lipinski definition) is 1. The van der Waals surface area contributed by atoms with Gasteiger partial charge in [-0.3, -0.25) is 19.3 Å². The van der Waals surface area contributed by atoms with E-state index in [-0.39, 0.29) is 12.5 Å². The molecule has 1 saturated heterocycles. The Hall–Kier alpha value is -2.51. The maximum absolute atomic E-state index is 13.9. The molecule has 1 aliphatic heterocycles. The highest BCUT2D eigenvalue weighted by atomic mass is 19.1. The quantitative estimate of drug-likeness (QED) is 0.845. The van der Waals surface area contributed by atoms with Crippen molar-refractivity contribution >= 4 is 17.7 Å². The second-order valence-corrected chi connectivity index (χ2v) is 5.36. The van der Waals surface area contributed by atoms with Gasteiger partial charge in [-0.25, -0.2) is 8.78 Å². The monoisotopic (exact) mass is 326 g/mol. The molecule has 0 unspecified atom stereocenters. The number of rotatable bonds is 4. The summed E-state index contributed by atoms with van der Waals surface area (Å²) in [5, 5.41) is 2.27. The Morgan fingerprint density at radius 3 is 2.43 bits per heavy atom. The van der Waals surface area contributed by atoms with Gasteiger partial charge in [-0.2, -0.15) is 0 Å². The molecule has 6 nitrogen and oxygen atoms in total. The Labute approximate surface area is 131 Å². The highest BCUT2D eigenvalue weighted by Crippen LogP contribution is 2.26. The fraction of sp³-hybridized carbons (Fsp3) is 0.400. The van der Waals surface area contributed by atoms with Crippen molar-refractivity contribution in [2.24, 2.45) is 0 Å². The van der Waals surface area contributed by atoms with E-state index in [4.69, 9.17) is 4.74 Å². The fourth-order valence-electron chi connectivity index (χ4n) is 2.48. The molecule has 1 fully saturated rings. The van der Waals surface area contributed by atoms with Crippen LogP contribution in [0.2, 0.25) is 0 Å². The van der Waals surface area contributed by atoms with Gasteiger partial charge in [-0.1, -0.05) is 0 Å². The Bertz CT molecular complexity index is 676. The van der Waals surface area contributed by atoms with Crippen LogP contribution >= 0.6 is 0 Å². The first-order valence-corrected chi connectivity index (χ1v) is 6.96. The van der Waals surface area contributed by atoms with Crippen molar-refractivity contribution in [1.82, 2.24) is 10.2 Å². The van der Waals surface area contributed by atoms with E-state index in [9.17, 15) is 23.2 Å². The van der Waals surface area contributed by atoms with Crippen molar-refractivity contribution in [3.05, 3.63) is 29.3 Å². The summed E-state index contributed by atoms with van der Waals surface area (Å²) in [6.45, 7) is 3.32. The van der Waals surface area contributed by atoms with Gasteiger partial charge >= 0.3 is 0 Å².